The lowest BCUT2D eigenvalue weighted by molar-refractivity contribution is 0.262. The Morgan fingerprint density at radius 3 is 2.04 bits per heavy atom. The molecule has 1 unspecified atom stereocenters. The minimum absolute atomic E-state index is 0.201. The minimum Gasteiger partial charge on any atom is -0.148 e. The molecule has 0 nitrogen and oxygen atoms in total. The van der Waals surface area contributed by atoms with Gasteiger partial charge in [-0.25, -0.2) is 0 Å². The number of rotatable bonds is 3. The maximum absolute atomic E-state index is 2.54. The molecule has 23 heavy (non-hydrogen) atoms. The van der Waals surface area contributed by atoms with Gasteiger partial charge in [-0.05, 0) is 57.8 Å². The van der Waals surface area contributed by atoms with Crippen LogP contribution in [-0.2, 0) is 0 Å². The molecule has 2 heteroatoms. The zero-order chi connectivity index (χ0) is 16.4. The first-order valence-corrected chi connectivity index (χ1v) is 10.2. The average molecular weight is 341 g/mol. The Morgan fingerprint density at radius 1 is 1.00 bits per heavy atom. The fourth-order valence-corrected chi connectivity index (χ4v) is 6.90. The lowest BCUT2D eigenvalue weighted by atomic mass is 9.67. The fraction of sp³-hybridized carbons (Fsp3) is 0.429. The zero-order valence-corrected chi connectivity index (χ0v) is 16.1. The van der Waals surface area contributed by atoms with E-state index in [1.807, 2.05) is 22.7 Å². The molecular weight excluding hydrogens is 316 g/mol. The van der Waals surface area contributed by atoms with Gasteiger partial charge in [-0.15, -0.1) is 22.7 Å². The van der Waals surface area contributed by atoms with Crippen LogP contribution >= 0.6 is 22.7 Å². The highest BCUT2D eigenvalue weighted by Crippen LogP contribution is 2.60. The summed E-state index contributed by atoms with van der Waals surface area (Å²) in [5, 5.41) is 4.53. The molecule has 0 bridgehead atoms. The monoisotopic (exact) mass is 340 g/mol. The van der Waals surface area contributed by atoms with E-state index in [1.54, 1.807) is 9.75 Å². The molecule has 0 radical (unpaired) electrons. The molecule has 0 saturated carbocycles. The Hall–Kier alpha value is -1.12. The predicted molar refractivity (Wildman–Crippen MR) is 103 cm³/mol. The van der Waals surface area contributed by atoms with Crippen molar-refractivity contribution in [3.63, 3.8) is 0 Å². The summed E-state index contributed by atoms with van der Waals surface area (Å²) in [7, 11) is 0. The van der Waals surface area contributed by atoms with Gasteiger partial charge in [0.25, 0.3) is 0 Å². The van der Waals surface area contributed by atoms with Crippen LogP contribution in [0.15, 0.2) is 46.2 Å². The summed E-state index contributed by atoms with van der Waals surface area (Å²) in [6, 6.07) is 4.63. The first-order valence-electron chi connectivity index (χ1n) is 8.46. The molecule has 2 heterocycles. The third-order valence-electron chi connectivity index (χ3n) is 5.66. The highest BCUT2D eigenvalue weighted by atomic mass is 32.1. The summed E-state index contributed by atoms with van der Waals surface area (Å²) >= 11 is 3.88. The minimum atomic E-state index is 0.201. The Kier molecular flexibility index (Phi) is 3.48. The number of thiophene rings is 2. The van der Waals surface area contributed by atoms with Gasteiger partial charge in [0.05, 0.1) is 0 Å². The van der Waals surface area contributed by atoms with E-state index in [0.29, 0.717) is 17.8 Å². The van der Waals surface area contributed by atoms with Crippen molar-refractivity contribution >= 4 is 22.7 Å². The predicted octanol–water partition coefficient (Wildman–Crippen LogP) is 7.11. The molecular formula is C21H24S2. The van der Waals surface area contributed by atoms with Crippen LogP contribution in [0.3, 0.4) is 0 Å². The largest absolute Gasteiger partial charge is 0.148 e. The Labute approximate surface area is 147 Å². The van der Waals surface area contributed by atoms with Crippen LogP contribution in [0.5, 0.6) is 0 Å². The first-order chi connectivity index (χ1) is 10.9. The van der Waals surface area contributed by atoms with Crippen molar-refractivity contribution in [3.8, 4) is 11.1 Å². The number of hydrogen-bond acceptors (Lipinski definition) is 2. The normalized spacial score (nSPS) is 20.7. The van der Waals surface area contributed by atoms with E-state index in [-0.39, 0.29) is 5.41 Å². The van der Waals surface area contributed by atoms with Gasteiger partial charge in [0, 0.05) is 21.6 Å². The molecule has 1 atom stereocenters. The molecule has 2 aliphatic rings. The zero-order valence-electron chi connectivity index (χ0n) is 14.5. The molecule has 0 spiro atoms. The first kappa shape index (κ1) is 15.4. The smallest absolute Gasteiger partial charge is 0.0350 e. The summed E-state index contributed by atoms with van der Waals surface area (Å²) in [4.78, 5) is 3.16. The van der Waals surface area contributed by atoms with E-state index < -0.39 is 0 Å². The SMILES string of the molecule is CC1=CC(C(C)C)=CC1C(C)(C)C1c2sccc2-c2ccsc21. The van der Waals surface area contributed by atoms with Crippen molar-refractivity contribution in [2.75, 3.05) is 0 Å². The van der Waals surface area contributed by atoms with Crippen molar-refractivity contribution < 1.29 is 0 Å². The Bertz CT molecular complexity index is 770. The highest BCUT2D eigenvalue weighted by Gasteiger charge is 2.46. The van der Waals surface area contributed by atoms with E-state index >= 15 is 0 Å². The van der Waals surface area contributed by atoms with Crippen LogP contribution in [0.1, 0.15) is 50.3 Å². The highest BCUT2D eigenvalue weighted by molar-refractivity contribution is 7.13. The molecule has 2 aliphatic carbocycles. The van der Waals surface area contributed by atoms with Gasteiger partial charge in [0.2, 0.25) is 0 Å². The van der Waals surface area contributed by atoms with Crippen molar-refractivity contribution in [2.45, 2.75) is 40.5 Å². The van der Waals surface area contributed by atoms with Gasteiger partial charge in [-0.1, -0.05) is 45.4 Å². The van der Waals surface area contributed by atoms with Crippen LogP contribution in [-0.4, -0.2) is 0 Å². The molecule has 0 aromatic carbocycles. The van der Waals surface area contributed by atoms with E-state index in [4.69, 9.17) is 0 Å². The van der Waals surface area contributed by atoms with E-state index in [0.717, 1.165) is 0 Å². The van der Waals surface area contributed by atoms with Crippen molar-refractivity contribution in [2.24, 2.45) is 17.3 Å². The maximum Gasteiger partial charge on any atom is 0.0350 e. The molecule has 4 rings (SSSR count). The van der Waals surface area contributed by atoms with Gasteiger partial charge in [0.1, 0.15) is 0 Å². The van der Waals surface area contributed by atoms with E-state index in [9.17, 15) is 0 Å². The summed E-state index contributed by atoms with van der Waals surface area (Å²) < 4.78 is 0. The second-order valence-corrected chi connectivity index (χ2v) is 9.73. The van der Waals surface area contributed by atoms with Gasteiger partial charge >= 0.3 is 0 Å². The molecule has 0 saturated heterocycles. The molecule has 120 valence electrons. The van der Waals surface area contributed by atoms with Crippen LogP contribution in [0.25, 0.3) is 11.1 Å². The summed E-state index contributed by atoms with van der Waals surface area (Å²) in [6.07, 6.45) is 4.97. The van der Waals surface area contributed by atoms with Gasteiger partial charge in [0.15, 0.2) is 0 Å². The molecule has 2 aromatic rings. The number of hydrogen-bond donors (Lipinski definition) is 0. The molecule has 2 aromatic heterocycles. The molecule has 0 aliphatic heterocycles. The van der Waals surface area contributed by atoms with E-state index in [1.165, 1.54) is 22.3 Å². The molecule has 0 amide bonds. The van der Waals surface area contributed by atoms with Crippen LogP contribution in [0.4, 0.5) is 0 Å². The van der Waals surface area contributed by atoms with Gasteiger partial charge < -0.3 is 0 Å². The Balaban J connectivity index is 1.81. The quantitative estimate of drug-likeness (QED) is 0.558. The van der Waals surface area contributed by atoms with Crippen molar-refractivity contribution in [3.05, 3.63) is 55.9 Å². The third kappa shape index (κ3) is 2.15. The number of allylic oxidation sites excluding steroid dienone is 4. The van der Waals surface area contributed by atoms with Crippen LogP contribution in [0, 0.1) is 17.3 Å². The fourth-order valence-electron chi connectivity index (χ4n) is 4.39. The molecule has 0 fully saturated rings. The van der Waals surface area contributed by atoms with Crippen LogP contribution in [0.2, 0.25) is 0 Å². The van der Waals surface area contributed by atoms with E-state index in [2.05, 4.69) is 69.7 Å². The van der Waals surface area contributed by atoms with Crippen LogP contribution < -0.4 is 0 Å². The second kappa shape index (κ2) is 5.19. The Morgan fingerprint density at radius 2 is 1.57 bits per heavy atom. The second-order valence-electron chi connectivity index (χ2n) is 7.84. The number of fused-ring (bicyclic) bond motifs is 3. The van der Waals surface area contributed by atoms with Crippen molar-refractivity contribution in [1.29, 1.82) is 0 Å². The summed E-state index contributed by atoms with van der Waals surface area (Å²) in [6.45, 7) is 11.9. The van der Waals surface area contributed by atoms with Crippen molar-refractivity contribution in [1.82, 2.24) is 0 Å². The summed E-state index contributed by atoms with van der Waals surface area (Å²) in [5.74, 6) is 1.68. The average Bonchev–Trinajstić information content (AvgIpc) is 3.16. The topological polar surface area (TPSA) is 0 Å². The van der Waals surface area contributed by atoms with Gasteiger partial charge in [-0.3, -0.25) is 0 Å². The lowest BCUT2D eigenvalue weighted by Gasteiger charge is -2.38. The maximum atomic E-state index is 2.54. The lowest BCUT2D eigenvalue weighted by Crippen LogP contribution is -2.29. The standard InChI is InChI=1S/C21H24S2/c1-12(2)14-10-13(3)17(11-14)21(4,5)18-19-15(6-8-22-19)16-7-9-23-20(16)18/h6-12,17-18H,1-5H3. The van der Waals surface area contributed by atoms with Gasteiger partial charge in [-0.2, -0.15) is 0 Å². The summed E-state index contributed by atoms with van der Waals surface area (Å²) in [5.41, 5.74) is 6.21. The third-order valence-corrected chi connectivity index (χ3v) is 7.62. The molecule has 0 N–H and O–H groups in total.